The Labute approximate surface area is 219 Å². The first kappa shape index (κ1) is 28.5. The SMILES string of the molecule is COc1ccc(CCCC(C)(C)C)c(N2CCC(COc3cccc([C@@H](C)CCOP=O)c3)CC2)c1. The highest BCUT2D eigenvalue weighted by atomic mass is 31.1. The summed E-state index contributed by atoms with van der Waals surface area (Å²) in [5, 5.41) is 0. The van der Waals surface area contributed by atoms with Crippen molar-refractivity contribution >= 4 is 14.4 Å². The summed E-state index contributed by atoms with van der Waals surface area (Å²) in [7, 11) is 1.50. The summed E-state index contributed by atoms with van der Waals surface area (Å²) < 4.78 is 27.2. The van der Waals surface area contributed by atoms with Crippen molar-refractivity contribution in [1.29, 1.82) is 0 Å². The highest BCUT2D eigenvalue weighted by Crippen LogP contribution is 2.32. The summed E-state index contributed by atoms with van der Waals surface area (Å²) in [5.74, 6) is 2.75. The first-order valence-corrected chi connectivity index (χ1v) is 14.1. The van der Waals surface area contributed by atoms with Crippen molar-refractivity contribution in [2.45, 2.75) is 72.1 Å². The highest BCUT2D eigenvalue weighted by molar-refractivity contribution is 7.17. The maximum absolute atomic E-state index is 10.5. The van der Waals surface area contributed by atoms with Gasteiger partial charge >= 0.3 is 8.69 Å². The number of aryl methyl sites for hydroxylation is 1. The second-order valence-electron chi connectivity index (χ2n) is 11.3. The number of hydrogen-bond donors (Lipinski definition) is 0. The number of nitrogens with zero attached hydrogens (tertiary/aromatic N) is 1. The monoisotopic (exact) mass is 513 g/mol. The third-order valence-electron chi connectivity index (χ3n) is 7.23. The van der Waals surface area contributed by atoms with Crippen LogP contribution in [-0.4, -0.2) is 33.4 Å². The molecule has 5 nitrogen and oxygen atoms in total. The number of methoxy groups -OCH3 is 1. The first-order valence-electron chi connectivity index (χ1n) is 13.4. The van der Waals surface area contributed by atoms with Crippen molar-refractivity contribution in [2.24, 2.45) is 11.3 Å². The lowest BCUT2D eigenvalue weighted by atomic mass is 9.88. The Balaban J connectivity index is 1.53. The molecule has 0 amide bonds. The largest absolute Gasteiger partial charge is 0.497 e. The lowest BCUT2D eigenvalue weighted by molar-refractivity contribution is 0.222. The van der Waals surface area contributed by atoms with Gasteiger partial charge in [-0.3, -0.25) is 4.52 Å². The van der Waals surface area contributed by atoms with Gasteiger partial charge in [-0.15, -0.1) is 0 Å². The molecule has 0 aliphatic carbocycles. The van der Waals surface area contributed by atoms with Crippen LogP contribution in [0.2, 0.25) is 0 Å². The van der Waals surface area contributed by atoms with Crippen molar-refractivity contribution in [3.63, 3.8) is 0 Å². The zero-order chi connectivity index (χ0) is 26.0. The molecule has 1 heterocycles. The van der Waals surface area contributed by atoms with E-state index in [1.165, 1.54) is 29.7 Å². The number of hydrogen-bond acceptors (Lipinski definition) is 5. The Hall–Kier alpha value is -2.10. The second kappa shape index (κ2) is 14.0. The normalized spacial score (nSPS) is 15.8. The van der Waals surface area contributed by atoms with Crippen molar-refractivity contribution < 1.29 is 18.6 Å². The second-order valence-corrected chi connectivity index (χ2v) is 11.7. The van der Waals surface area contributed by atoms with Crippen molar-refractivity contribution in [3.8, 4) is 11.5 Å². The molecule has 6 heteroatoms. The number of ether oxygens (including phenoxy) is 2. The molecule has 1 saturated heterocycles. The van der Waals surface area contributed by atoms with E-state index in [9.17, 15) is 4.57 Å². The van der Waals surface area contributed by atoms with E-state index >= 15 is 0 Å². The van der Waals surface area contributed by atoms with Crippen LogP contribution in [0, 0.1) is 11.3 Å². The van der Waals surface area contributed by atoms with Crippen LogP contribution in [0.3, 0.4) is 0 Å². The van der Waals surface area contributed by atoms with Crippen molar-refractivity contribution in [3.05, 3.63) is 53.6 Å². The minimum atomic E-state index is -0.249. The van der Waals surface area contributed by atoms with Crippen molar-refractivity contribution in [2.75, 3.05) is 38.3 Å². The van der Waals surface area contributed by atoms with Crippen LogP contribution in [0.4, 0.5) is 5.69 Å². The molecular formula is C30H44NO4P. The Morgan fingerprint density at radius 3 is 2.56 bits per heavy atom. The number of piperidine rings is 1. The van der Waals surface area contributed by atoms with Gasteiger partial charge in [0, 0.05) is 24.8 Å². The van der Waals surface area contributed by atoms with Gasteiger partial charge in [-0.2, -0.15) is 0 Å². The summed E-state index contributed by atoms with van der Waals surface area (Å²) >= 11 is 0. The van der Waals surface area contributed by atoms with Crippen LogP contribution < -0.4 is 14.4 Å². The van der Waals surface area contributed by atoms with Gasteiger partial charge in [-0.25, -0.2) is 4.57 Å². The molecule has 0 bridgehead atoms. The van der Waals surface area contributed by atoms with Crippen LogP contribution in [0.15, 0.2) is 42.5 Å². The van der Waals surface area contributed by atoms with E-state index in [1.807, 2.05) is 6.07 Å². The summed E-state index contributed by atoms with van der Waals surface area (Å²) in [6.45, 7) is 12.4. The predicted octanol–water partition coefficient (Wildman–Crippen LogP) is 8.08. The quantitative estimate of drug-likeness (QED) is 0.200. The van der Waals surface area contributed by atoms with Gasteiger partial charge in [-0.05, 0) is 85.1 Å². The molecule has 0 aromatic heterocycles. The lowest BCUT2D eigenvalue weighted by Gasteiger charge is -2.35. The molecule has 36 heavy (non-hydrogen) atoms. The molecule has 2 aromatic rings. The first-order chi connectivity index (χ1) is 17.3. The molecule has 1 fully saturated rings. The topological polar surface area (TPSA) is 48.0 Å². The zero-order valence-corrected chi connectivity index (χ0v) is 23.7. The van der Waals surface area contributed by atoms with Crippen LogP contribution in [0.1, 0.15) is 76.8 Å². The molecule has 0 spiro atoms. The maximum Gasteiger partial charge on any atom is 0.327 e. The summed E-state index contributed by atoms with van der Waals surface area (Å²) in [6.07, 6.45) is 6.62. The minimum absolute atomic E-state index is 0.249. The molecule has 0 unspecified atom stereocenters. The number of anilines is 1. The fraction of sp³-hybridized carbons (Fsp3) is 0.600. The average Bonchev–Trinajstić information content (AvgIpc) is 2.87. The van der Waals surface area contributed by atoms with E-state index in [-0.39, 0.29) is 8.69 Å². The van der Waals surface area contributed by atoms with Crippen LogP contribution >= 0.6 is 8.69 Å². The Morgan fingerprint density at radius 2 is 1.86 bits per heavy atom. The average molecular weight is 514 g/mol. The van der Waals surface area contributed by atoms with E-state index in [4.69, 9.17) is 14.0 Å². The summed E-state index contributed by atoms with van der Waals surface area (Å²) in [6, 6.07) is 14.9. The van der Waals surface area contributed by atoms with Gasteiger partial charge in [0.05, 0.1) is 20.3 Å². The predicted molar refractivity (Wildman–Crippen MR) is 149 cm³/mol. The fourth-order valence-electron chi connectivity index (χ4n) is 4.88. The van der Waals surface area contributed by atoms with E-state index in [1.54, 1.807) is 7.11 Å². The Morgan fingerprint density at radius 1 is 1.08 bits per heavy atom. The molecule has 0 saturated carbocycles. The molecule has 0 radical (unpaired) electrons. The lowest BCUT2D eigenvalue weighted by Crippen LogP contribution is -2.36. The van der Waals surface area contributed by atoms with Gasteiger partial charge in [0.15, 0.2) is 0 Å². The molecule has 1 atom stereocenters. The van der Waals surface area contributed by atoms with Gasteiger partial charge in [0.25, 0.3) is 0 Å². The van der Waals surface area contributed by atoms with E-state index < -0.39 is 0 Å². The zero-order valence-electron chi connectivity index (χ0n) is 22.8. The molecule has 1 aliphatic heterocycles. The standard InChI is InChI=1S/C30H44NO4P/c1-23(15-19-35-36-32)26-8-6-10-28(20-26)34-22-24-13-17-31(18-14-24)29-21-27(33-5)12-11-25(29)9-7-16-30(2,3)4/h6,8,10-12,20-21,23-24H,7,9,13-19,22H2,1-5H3/t23-/m0/s1. The molecule has 198 valence electrons. The van der Waals surface area contributed by atoms with E-state index in [0.29, 0.717) is 23.9 Å². The van der Waals surface area contributed by atoms with E-state index in [0.717, 1.165) is 56.9 Å². The molecule has 3 rings (SSSR count). The third-order valence-corrected chi connectivity index (χ3v) is 7.52. The Kier molecular flexibility index (Phi) is 11.1. The maximum atomic E-state index is 10.5. The highest BCUT2D eigenvalue weighted by Gasteiger charge is 2.22. The molecule has 1 aliphatic rings. The van der Waals surface area contributed by atoms with Crippen LogP contribution in [-0.2, 0) is 15.5 Å². The van der Waals surface area contributed by atoms with Crippen LogP contribution in [0.25, 0.3) is 0 Å². The van der Waals surface area contributed by atoms with Gasteiger partial charge in [0.2, 0.25) is 0 Å². The summed E-state index contributed by atoms with van der Waals surface area (Å²) in [4.78, 5) is 2.54. The van der Waals surface area contributed by atoms with E-state index in [2.05, 4.69) is 69.0 Å². The van der Waals surface area contributed by atoms with Crippen LogP contribution in [0.5, 0.6) is 11.5 Å². The number of benzene rings is 2. The molecular weight excluding hydrogens is 469 g/mol. The van der Waals surface area contributed by atoms with Gasteiger partial charge < -0.3 is 14.4 Å². The smallest absolute Gasteiger partial charge is 0.327 e. The molecule has 2 aromatic carbocycles. The summed E-state index contributed by atoms with van der Waals surface area (Å²) in [5.41, 5.74) is 4.37. The van der Waals surface area contributed by atoms with Gasteiger partial charge in [-0.1, -0.05) is 45.9 Å². The fourth-order valence-corrected chi connectivity index (χ4v) is 5.06. The third kappa shape index (κ3) is 9.09. The molecule has 0 N–H and O–H groups in total. The number of rotatable bonds is 13. The minimum Gasteiger partial charge on any atom is -0.497 e. The Bertz CT molecular complexity index is 950. The van der Waals surface area contributed by atoms with Crippen molar-refractivity contribution in [1.82, 2.24) is 0 Å². The van der Waals surface area contributed by atoms with Gasteiger partial charge in [0.1, 0.15) is 11.5 Å².